The Labute approximate surface area is 124 Å². The summed E-state index contributed by atoms with van der Waals surface area (Å²) >= 11 is 0. The first-order chi connectivity index (χ1) is 10.1. The summed E-state index contributed by atoms with van der Waals surface area (Å²) in [6, 6.07) is 7.44. The van der Waals surface area contributed by atoms with Crippen molar-refractivity contribution in [3.05, 3.63) is 41.2 Å². The van der Waals surface area contributed by atoms with Gasteiger partial charge in [-0.3, -0.25) is 5.41 Å². The van der Waals surface area contributed by atoms with E-state index in [-0.39, 0.29) is 5.84 Å². The van der Waals surface area contributed by atoms with Crippen LogP contribution in [-0.2, 0) is 12.8 Å². The number of nitrogen functional groups attached to an aromatic ring is 1. The van der Waals surface area contributed by atoms with Gasteiger partial charge >= 0.3 is 0 Å². The number of aryl methyl sites for hydroxylation is 2. The number of aromatic nitrogens is 3. The van der Waals surface area contributed by atoms with E-state index in [0.29, 0.717) is 11.5 Å². The first kappa shape index (κ1) is 14.9. The Morgan fingerprint density at radius 2 is 1.81 bits per heavy atom. The molecule has 110 valence electrons. The van der Waals surface area contributed by atoms with E-state index in [4.69, 9.17) is 11.1 Å². The van der Waals surface area contributed by atoms with E-state index < -0.39 is 0 Å². The summed E-state index contributed by atoms with van der Waals surface area (Å²) in [4.78, 5) is 6.39. The molecule has 0 fully saturated rings. The van der Waals surface area contributed by atoms with Gasteiger partial charge in [0.2, 0.25) is 5.95 Å². The molecule has 3 N–H and O–H groups in total. The van der Waals surface area contributed by atoms with Crippen LogP contribution in [0.25, 0.3) is 0 Å². The van der Waals surface area contributed by atoms with Gasteiger partial charge in [0.25, 0.3) is 0 Å². The maximum atomic E-state index is 7.67. The second kappa shape index (κ2) is 6.30. The molecule has 0 radical (unpaired) electrons. The monoisotopic (exact) mass is 284 g/mol. The van der Waals surface area contributed by atoms with Crippen LogP contribution in [0.1, 0.15) is 30.8 Å². The summed E-state index contributed by atoms with van der Waals surface area (Å²) in [5.74, 6) is 0.532. The third-order valence-electron chi connectivity index (χ3n) is 3.35. The molecule has 0 aliphatic carbocycles. The normalized spacial score (nSPS) is 10.4. The largest absolute Gasteiger partial charge is 0.384 e. The van der Waals surface area contributed by atoms with Gasteiger partial charge in [-0.25, -0.2) is 4.98 Å². The standard InChI is InChI=1S/C15H20N6/c1-4-11-12(5-2)19-20-15(18-11)21(3)13-9-7-6-8-10(13)14(16)17/h6-9H,4-5H2,1-3H3,(H3,16,17). The van der Waals surface area contributed by atoms with E-state index in [9.17, 15) is 0 Å². The molecule has 0 unspecified atom stereocenters. The van der Waals surface area contributed by atoms with Gasteiger partial charge in [0.15, 0.2) is 0 Å². The quantitative estimate of drug-likeness (QED) is 0.647. The summed E-state index contributed by atoms with van der Waals surface area (Å²) in [5, 5.41) is 16.1. The molecule has 6 nitrogen and oxygen atoms in total. The van der Waals surface area contributed by atoms with Gasteiger partial charge in [0, 0.05) is 12.6 Å². The highest BCUT2D eigenvalue weighted by Crippen LogP contribution is 2.24. The Morgan fingerprint density at radius 1 is 1.14 bits per heavy atom. The average Bonchev–Trinajstić information content (AvgIpc) is 2.53. The SMILES string of the molecule is CCc1nnc(N(C)c2ccccc2C(=N)N)nc1CC. The summed E-state index contributed by atoms with van der Waals surface area (Å²) in [7, 11) is 1.85. The molecule has 6 heteroatoms. The highest BCUT2D eigenvalue weighted by Gasteiger charge is 2.15. The third kappa shape index (κ3) is 2.99. The van der Waals surface area contributed by atoms with Crippen LogP contribution in [0, 0.1) is 5.41 Å². The molecule has 2 aromatic rings. The Hall–Kier alpha value is -2.50. The molecule has 0 saturated heterocycles. The lowest BCUT2D eigenvalue weighted by atomic mass is 10.1. The molecular weight excluding hydrogens is 264 g/mol. The minimum absolute atomic E-state index is 0.0197. The Kier molecular flexibility index (Phi) is 4.47. The van der Waals surface area contributed by atoms with Crippen LogP contribution in [0.5, 0.6) is 0 Å². The van der Waals surface area contributed by atoms with E-state index >= 15 is 0 Å². The molecule has 1 aromatic carbocycles. The van der Waals surface area contributed by atoms with Crippen LogP contribution in [0.3, 0.4) is 0 Å². The second-order valence-electron chi connectivity index (χ2n) is 4.70. The van der Waals surface area contributed by atoms with Crippen LogP contribution < -0.4 is 10.6 Å². The number of nitrogens with zero attached hydrogens (tertiary/aromatic N) is 4. The van der Waals surface area contributed by atoms with E-state index in [2.05, 4.69) is 22.1 Å². The minimum Gasteiger partial charge on any atom is -0.384 e. The van der Waals surface area contributed by atoms with Crippen molar-refractivity contribution in [2.45, 2.75) is 26.7 Å². The summed E-state index contributed by atoms with van der Waals surface area (Å²) < 4.78 is 0. The van der Waals surface area contributed by atoms with Crippen LogP contribution >= 0.6 is 0 Å². The van der Waals surface area contributed by atoms with Crippen molar-refractivity contribution in [1.29, 1.82) is 5.41 Å². The van der Waals surface area contributed by atoms with Gasteiger partial charge in [-0.1, -0.05) is 26.0 Å². The number of amidine groups is 1. The van der Waals surface area contributed by atoms with Gasteiger partial charge in [0.1, 0.15) is 5.84 Å². The minimum atomic E-state index is 0.0197. The predicted molar refractivity (Wildman–Crippen MR) is 84.1 cm³/mol. The topological polar surface area (TPSA) is 91.8 Å². The fourth-order valence-corrected chi connectivity index (χ4v) is 2.17. The zero-order chi connectivity index (χ0) is 15.4. The zero-order valence-electron chi connectivity index (χ0n) is 12.6. The van der Waals surface area contributed by atoms with Crippen molar-refractivity contribution in [3.8, 4) is 0 Å². The molecular formula is C15H20N6. The van der Waals surface area contributed by atoms with Gasteiger partial charge in [-0.2, -0.15) is 0 Å². The van der Waals surface area contributed by atoms with Crippen molar-refractivity contribution >= 4 is 17.5 Å². The maximum absolute atomic E-state index is 7.67. The lowest BCUT2D eigenvalue weighted by Gasteiger charge is -2.20. The fraction of sp³-hybridized carbons (Fsp3) is 0.333. The van der Waals surface area contributed by atoms with Crippen molar-refractivity contribution in [2.75, 3.05) is 11.9 Å². The Balaban J connectivity index is 2.45. The first-order valence-electron chi connectivity index (χ1n) is 6.98. The van der Waals surface area contributed by atoms with Crippen LogP contribution in [0.4, 0.5) is 11.6 Å². The molecule has 2 rings (SSSR count). The number of benzene rings is 1. The predicted octanol–water partition coefficient (Wildman–Crippen LogP) is 2.05. The number of para-hydroxylation sites is 1. The van der Waals surface area contributed by atoms with Crippen molar-refractivity contribution < 1.29 is 0 Å². The van der Waals surface area contributed by atoms with Crippen LogP contribution in [0.15, 0.2) is 24.3 Å². The van der Waals surface area contributed by atoms with E-state index in [1.165, 1.54) is 0 Å². The summed E-state index contributed by atoms with van der Waals surface area (Å²) in [5.41, 5.74) is 8.96. The highest BCUT2D eigenvalue weighted by molar-refractivity contribution is 6.00. The van der Waals surface area contributed by atoms with E-state index in [0.717, 1.165) is 29.9 Å². The molecule has 0 spiro atoms. The molecule has 0 amide bonds. The molecule has 1 heterocycles. The van der Waals surface area contributed by atoms with Crippen molar-refractivity contribution in [3.63, 3.8) is 0 Å². The summed E-state index contributed by atoms with van der Waals surface area (Å²) in [6.45, 7) is 4.09. The van der Waals surface area contributed by atoms with Crippen molar-refractivity contribution in [2.24, 2.45) is 5.73 Å². The number of anilines is 2. The Bertz CT molecular complexity index is 652. The molecule has 0 aliphatic rings. The molecule has 0 bridgehead atoms. The second-order valence-corrected chi connectivity index (χ2v) is 4.70. The van der Waals surface area contributed by atoms with Gasteiger partial charge in [-0.05, 0) is 25.0 Å². The molecule has 0 atom stereocenters. The van der Waals surface area contributed by atoms with Gasteiger partial charge in [-0.15, -0.1) is 10.2 Å². The molecule has 0 saturated carbocycles. The first-order valence-corrected chi connectivity index (χ1v) is 6.98. The number of nitrogens with one attached hydrogen (secondary N) is 1. The number of nitrogens with two attached hydrogens (primary N) is 1. The van der Waals surface area contributed by atoms with Gasteiger partial charge in [0.05, 0.1) is 17.1 Å². The maximum Gasteiger partial charge on any atom is 0.249 e. The average molecular weight is 284 g/mol. The van der Waals surface area contributed by atoms with Crippen LogP contribution in [-0.4, -0.2) is 28.1 Å². The lowest BCUT2D eigenvalue weighted by Crippen LogP contribution is -2.21. The Morgan fingerprint density at radius 3 is 2.43 bits per heavy atom. The summed E-state index contributed by atoms with van der Waals surface area (Å²) in [6.07, 6.45) is 1.63. The molecule has 0 aliphatic heterocycles. The molecule has 1 aromatic heterocycles. The third-order valence-corrected chi connectivity index (χ3v) is 3.35. The fourth-order valence-electron chi connectivity index (χ4n) is 2.17. The smallest absolute Gasteiger partial charge is 0.249 e. The number of hydrogen-bond donors (Lipinski definition) is 2. The highest BCUT2D eigenvalue weighted by atomic mass is 15.3. The number of rotatable bonds is 5. The number of hydrogen-bond acceptors (Lipinski definition) is 5. The van der Waals surface area contributed by atoms with E-state index in [1.807, 2.05) is 43.1 Å². The zero-order valence-corrected chi connectivity index (χ0v) is 12.6. The van der Waals surface area contributed by atoms with Crippen molar-refractivity contribution in [1.82, 2.24) is 15.2 Å². The van der Waals surface area contributed by atoms with Crippen LogP contribution in [0.2, 0.25) is 0 Å². The lowest BCUT2D eigenvalue weighted by molar-refractivity contribution is 0.810. The van der Waals surface area contributed by atoms with Gasteiger partial charge < -0.3 is 10.6 Å². The van der Waals surface area contributed by atoms with E-state index in [1.54, 1.807) is 0 Å². The molecule has 21 heavy (non-hydrogen) atoms.